The van der Waals surface area contributed by atoms with Gasteiger partial charge in [0, 0.05) is 31.8 Å². The summed E-state index contributed by atoms with van der Waals surface area (Å²) in [6, 6.07) is 5.35. The zero-order chi connectivity index (χ0) is 33.2. The number of aliphatic hydroxyl groups excluding tert-OH is 1. The Morgan fingerprint density at radius 2 is 1.83 bits per heavy atom. The number of rotatable bonds is 16. The maximum Gasteiger partial charge on any atom is 0.332 e. The molecule has 46 heavy (non-hydrogen) atoms. The third kappa shape index (κ3) is 8.73. The van der Waals surface area contributed by atoms with Crippen molar-refractivity contribution in [2.75, 3.05) is 26.8 Å². The van der Waals surface area contributed by atoms with Crippen LogP contribution >= 0.6 is 0 Å². The van der Waals surface area contributed by atoms with Crippen molar-refractivity contribution in [3.63, 3.8) is 0 Å². The van der Waals surface area contributed by atoms with Crippen LogP contribution in [-0.2, 0) is 30.3 Å². The van der Waals surface area contributed by atoms with Gasteiger partial charge in [0.25, 0.3) is 0 Å². The summed E-state index contributed by atoms with van der Waals surface area (Å²) in [7, 11) is 1.52. The van der Waals surface area contributed by atoms with Crippen LogP contribution in [0.2, 0.25) is 0 Å². The van der Waals surface area contributed by atoms with E-state index in [2.05, 4.69) is 17.6 Å². The fourth-order valence-electron chi connectivity index (χ4n) is 8.27. The molecule has 1 saturated carbocycles. The van der Waals surface area contributed by atoms with Crippen molar-refractivity contribution in [3.8, 4) is 11.5 Å². The van der Waals surface area contributed by atoms with Gasteiger partial charge in [-0.25, -0.2) is 4.79 Å². The quantitative estimate of drug-likeness (QED) is 0.184. The number of esters is 2. The highest BCUT2D eigenvalue weighted by molar-refractivity contribution is 5.90. The summed E-state index contributed by atoms with van der Waals surface area (Å²) in [5.74, 6) is -0.400. The molecule has 0 spiro atoms. The summed E-state index contributed by atoms with van der Waals surface area (Å²) in [4.78, 5) is 39.9. The summed E-state index contributed by atoms with van der Waals surface area (Å²) >= 11 is 0. The first-order valence-corrected chi connectivity index (χ1v) is 17.5. The van der Waals surface area contributed by atoms with E-state index in [4.69, 9.17) is 14.2 Å². The summed E-state index contributed by atoms with van der Waals surface area (Å²) in [6.45, 7) is 5.06. The van der Waals surface area contributed by atoms with Crippen LogP contribution in [0, 0.1) is 17.3 Å². The standard InChI is InChI=1S/C36H56N2O8/c1-4-5-9-27(10-8-21-39)30(45-25(2)40)23-32(46-34(43)36-16-7-6-11-28(36)13-15-33(42)38-36)35(17-19-37-20-18-35)24-26-12-14-29(41)31(22-26)44-3/h12,14,22,27-28,30,32,37,39,41H,4-11,13,15-21,23-24H2,1-3H3,(H,38,42). The van der Waals surface area contributed by atoms with Crippen LogP contribution in [0.15, 0.2) is 18.2 Å². The van der Waals surface area contributed by atoms with Gasteiger partial charge in [-0.2, -0.15) is 0 Å². The molecule has 2 heterocycles. The van der Waals surface area contributed by atoms with Gasteiger partial charge in [-0.15, -0.1) is 0 Å². The molecule has 4 rings (SSSR count). The smallest absolute Gasteiger partial charge is 0.332 e. The summed E-state index contributed by atoms with van der Waals surface area (Å²) in [6.07, 6.45) is 9.67. The molecule has 5 atom stereocenters. The predicted octanol–water partition coefficient (Wildman–Crippen LogP) is 4.96. The van der Waals surface area contributed by atoms with E-state index in [9.17, 15) is 24.6 Å². The largest absolute Gasteiger partial charge is 0.504 e. The van der Waals surface area contributed by atoms with Crippen LogP contribution in [0.5, 0.6) is 11.5 Å². The topological polar surface area (TPSA) is 143 Å². The SMILES string of the molecule is CCCCC(CCCO)C(CC(OC(=O)C12CCCCC1CCC(=O)N2)C1(Cc2ccc(O)c(OC)c2)CCNCC1)OC(C)=O. The number of phenolic OH excluding ortho intramolecular Hbond substituents is 1. The Hall–Kier alpha value is -2.85. The molecule has 1 aliphatic carbocycles. The number of amides is 1. The molecule has 1 aromatic rings. The van der Waals surface area contributed by atoms with Crippen molar-refractivity contribution in [2.24, 2.45) is 17.3 Å². The molecule has 4 N–H and O–H groups in total. The monoisotopic (exact) mass is 644 g/mol. The maximum absolute atomic E-state index is 14.6. The number of hydrogen-bond acceptors (Lipinski definition) is 9. The molecule has 2 aliphatic heterocycles. The highest BCUT2D eigenvalue weighted by Gasteiger charge is 2.54. The van der Waals surface area contributed by atoms with Gasteiger partial charge in [-0.1, -0.05) is 38.7 Å². The number of methoxy groups -OCH3 is 1. The first-order valence-electron chi connectivity index (χ1n) is 17.5. The maximum atomic E-state index is 14.6. The Bertz CT molecular complexity index is 1160. The molecular weight excluding hydrogens is 588 g/mol. The molecule has 5 unspecified atom stereocenters. The lowest BCUT2D eigenvalue weighted by atomic mass is 9.67. The van der Waals surface area contributed by atoms with Crippen molar-refractivity contribution < 1.29 is 38.8 Å². The Labute approximate surface area is 274 Å². The number of nitrogens with one attached hydrogen (secondary N) is 2. The van der Waals surface area contributed by atoms with E-state index < -0.39 is 23.2 Å². The number of ether oxygens (including phenoxy) is 3. The van der Waals surface area contributed by atoms with Gasteiger partial charge in [0.2, 0.25) is 5.91 Å². The molecule has 1 amide bonds. The third-order valence-corrected chi connectivity index (χ3v) is 10.8. The molecule has 10 heteroatoms. The van der Waals surface area contributed by atoms with Gasteiger partial charge in [0.1, 0.15) is 17.7 Å². The average Bonchev–Trinajstić information content (AvgIpc) is 3.05. The van der Waals surface area contributed by atoms with E-state index in [0.717, 1.165) is 70.0 Å². The Morgan fingerprint density at radius 3 is 2.52 bits per heavy atom. The highest BCUT2D eigenvalue weighted by atomic mass is 16.6. The molecule has 3 aliphatic rings. The predicted molar refractivity (Wildman–Crippen MR) is 174 cm³/mol. The van der Waals surface area contributed by atoms with Crippen molar-refractivity contribution in [1.82, 2.24) is 10.6 Å². The summed E-state index contributed by atoms with van der Waals surface area (Å²) < 4.78 is 18.3. The zero-order valence-electron chi connectivity index (χ0n) is 28.1. The van der Waals surface area contributed by atoms with Crippen LogP contribution in [-0.4, -0.2) is 72.6 Å². The first kappa shape index (κ1) is 36.0. The van der Waals surface area contributed by atoms with E-state index in [0.29, 0.717) is 50.7 Å². The van der Waals surface area contributed by atoms with Gasteiger partial charge in [0.05, 0.1) is 7.11 Å². The number of carbonyl (C=O) groups excluding carboxylic acids is 3. The molecule has 10 nitrogen and oxygen atoms in total. The summed E-state index contributed by atoms with van der Waals surface area (Å²) in [5, 5.41) is 26.6. The minimum atomic E-state index is -1.04. The van der Waals surface area contributed by atoms with Crippen LogP contribution in [0.25, 0.3) is 0 Å². The average molecular weight is 645 g/mol. The van der Waals surface area contributed by atoms with Crippen LogP contribution in [0.3, 0.4) is 0 Å². The Morgan fingerprint density at radius 1 is 1.07 bits per heavy atom. The molecule has 0 aromatic heterocycles. The van der Waals surface area contributed by atoms with Crippen LogP contribution in [0.4, 0.5) is 0 Å². The molecule has 258 valence electrons. The number of benzene rings is 1. The van der Waals surface area contributed by atoms with Gasteiger partial charge in [0.15, 0.2) is 11.5 Å². The number of fused-ring (bicyclic) bond motifs is 1. The summed E-state index contributed by atoms with van der Waals surface area (Å²) in [5.41, 5.74) is -0.603. The number of hydrogen-bond donors (Lipinski definition) is 4. The Kier molecular flexibility index (Phi) is 13.2. The molecule has 0 bridgehead atoms. The van der Waals surface area contributed by atoms with Crippen LogP contribution < -0.4 is 15.4 Å². The number of unbranched alkanes of at least 4 members (excludes halogenated alkanes) is 1. The van der Waals surface area contributed by atoms with Gasteiger partial charge in [-0.05, 0) is 100 Å². The van der Waals surface area contributed by atoms with Crippen molar-refractivity contribution in [1.29, 1.82) is 0 Å². The minimum Gasteiger partial charge on any atom is -0.504 e. The lowest BCUT2D eigenvalue weighted by Crippen LogP contribution is -2.65. The molecular formula is C36H56N2O8. The van der Waals surface area contributed by atoms with E-state index in [1.165, 1.54) is 14.0 Å². The van der Waals surface area contributed by atoms with Crippen molar-refractivity contribution in [3.05, 3.63) is 23.8 Å². The molecule has 0 radical (unpaired) electrons. The molecule has 3 fully saturated rings. The highest BCUT2D eigenvalue weighted by Crippen LogP contribution is 2.46. The van der Waals surface area contributed by atoms with E-state index in [1.807, 2.05) is 12.1 Å². The zero-order valence-corrected chi connectivity index (χ0v) is 28.1. The van der Waals surface area contributed by atoms with Gasteiger partial charge in [-0.3, -0.25) is 9.59 Å². The third-order valence-electron chi connectivity index (χ3n) is 10.8. The molecule has 1 aromatic carbocycles. The number of aliphatic hydroxyl groups is 1. The van der Waals surface area contributed by atoms with E-state index in [1.54, 1.807) is 6.07 Å². The molecule has 2 saturated heterocycles. The number of carbonyl (C=O) groups is 3. The fourth-order valence-corrected chi connectivity index (χ4v) is 8.27. The Balaban J connectivity index is 1.76. The minimum absolute atomic E-state index is 0.000269. The van der Waals surface area contributed by atoms with Crippen LogP contribution in [0.1, 0.15) is 109 Å². The second-order valence-corrected chi connectivity index (χ2v) is 13.8. The lowest BCUT2D eigenvalue weighted by Gasteiger charge is -2.49. The number of aromatic hydroxyl groups is 1. The van der Waals surface area contributed by atoms with E-state index in [-0.39, 0.29) is 42.0 Å². The lowest BCUT2D eigenvalue weighted by molar-refractivity contribution is -0.179. The number of piperidine rings is 2. The van der Waals surface area contributed by atoms with E-state index >= 15 is 0 Å². The fraction of sp³-hybridized carbons (Fsp3) is 0.750. The van der Waals surface area contributed by atoms with Gasteiger partial charge >= 0.3 is 11.9 Å². The normalized spacial score (nSPS) is 24.5. The second kappa shape index (κ2) is 16.8. The van der Waals surface area contributed by atoms with Gasteiger partial charge < -0.3 is 35.1 Å². The second-order valence-electron chi connectivity index (χ2n) is 13.8. The van der Waals surface area contributed by atoms with Crippen molar-refractivity contribution >= 4 is 17.8 Å². The van der Waals surface area contributed by atoms with Crippen molar-refractivity contribution in [2.45, 2.75) is 128 Å². The first-order chi connectivity index (χ1) is 22.2. The number of phenols is 1.